The van der Waals surface area contributed by atoms with Gasteiger partial charge in [-0.25, -0.2) is 4.79 Å². The number of carbonyl (C=O) groups is 1. The van der Waals surface area contributed by atoms with E-state index in [1.165, 1.54) is 5.56 Å². The number of hydrogen-bond donors (Lipinski definition) is 0. The van der Waals surface area contributed by atoms with Gasteiger partial charge in [-0.15, -0.1) is 0 Å². The molecule has 1 saturated heterocycles. The van der Waals surface area contributed by atoms with E-state index in [4.69, 9.17) is 0 Å². The van der Waals surface area contributed by atoms with Gasteiger partial charge < -0.3 is 9.80 Å². The zero-order valence-electron chi connectivity index (χ0n) is 13.3. The molecule has 22 heavy (non-hydrogen) atoms. The van der Waals surface area contributed by atoms with E-state index in [0.29, 0.717) is 11.8 Å². The van der Waals surface area contributed by atoms with Crippen molar-refractivity contribution in [3.63, 3.8) is 0 Å². The van der Waals surface area contributed by atoms with Gasteiger partial charge in [-0.3, -0.25) is 0 Å². The molecule has 4 nitrogen and oxygen atoms in total. The minimum Gasteiger partial charge on any atom is -0.331 e. The van der Waals surface area contributed by atoms with Gasteiger partial charge in [0.05, 0.1) is 11.5 Å². The molecule has 2 amide bonds. The van der Waals surface area contributed by atoms with Crippen LogP contribution < -0.4 is 0 Å². The normalized spacial score (nSPS) is 30.0. The van der Waals surface area contributed by atoms with Gasteiger partial charge in [0.15, 0.2) is 0 Å². The van der Waals surface area contributed by atoms with Crippen LogP contribution in [-0.4, -0.2) is 43.0 Å². The van der Waals surface area contributed by atoms with Crippen LogP contribution in [0.15, 0.2) is 30.3 Å². The molecule has 0 bridgehead atoms. The second-order valence-electron chi connectivity index (χ2n) is 7.06. The number of amides is 2. The monoisotopic (exact) mass is 297 g/mol. The molecule has 1 aliphatic carbocycles. The van der Waals surface area contributed by atoms with Crippen LogP contribution in [0.1, 0.15) is 18.4 Å². The second-order valence-corrected chi connectivity index (χ2v) is 7.06. The van der Waals surface area contributed by atoms with Crippen LogP contribution in [0.2, 0.25) is 0 Å². The zero-order chi connectivity index (χ0) is 15.7. The maximum absolute atomic E-state index is 12.1. The molecule has 0 aromatic heterocycles. The number of likely N-dealkylation sites (tertiary alicyclic amines) is 1. The standard InChI is InChI=1S/C18H23N3O/c1-20(2)17(22)21-11-15-9-18(13-19,10-16(15)12-21)8-14-6-4-3-5-7-14/h3-7,15-16H,8-12H2,1-2H3. The molecule has 1 aromatic carbocycles. The van der Waals surface area contributed by atoms with Crippen LogP contribution in [0.5, 0.6) is 0 Å². The molecule has 1 heterocycles. The van der Waals surface area contributed by atoms with E-state index in [-0.39, 0.29) is 11.4 Å². The van der Waals surface area contributed by atoms with E-state index in [1.807, 2.05) is 23.1 Å². The molecule has 1 saturated carbocycles. The molecule has 0 spiro atoms. The highest BCUT2D eigenvalue weighted by atomic mass is 16.2. The van der Waals surface area contributed by atoms with Gasteiger partial charge in [0.25, 0.3) is 0 Å². The van der Waals surface area contributed by atoms with Gasteiger partial charge in [-0.2, -0.15) is 5.26 Å². The molecule has 1 aliphatic heterocycles. The SMILES string of the molecule is CN(C)C(=O)N1CC2CC(C#N)(Cc3ccccc3)CC2C1. The minimum atomic E-state index is -0.246. The molecule has 0 radical (unpaired) electrons. The lowest BCUT2D eigenvalue weighted by Gasteiger charge is -2.26. The zero-order valence-corrected chi connectivity index (χ0v) is 13.3. The number of nitriles is 1. The van der Waals surface area contributed by atoms with Crippen molar-refractivity contribution in [1.29, 1.82) is 5.26 Å². The molecular formula is C18H23N3O. The largest absolute Gasteiger partial charge is 0.331 e. The fourth-order valence-corrected chi connectivity index (χ4v) is 4.19. The van der Waals surface area contributed by atoms with Crippen LogP contribution in [0.3, 0.4) is 0 Å². The minimum absolute atomic E-state index is 0.0972. The van der Waals surface area contributed by atoms with Crippen molar-refractivity contribution < 1.29 is 4.79 Å². The van der Waals surface area contributed by atoms with Gasteiger partial charge in [0, 0.05) is 27.2 Å². The van der Waals surface area contributed by atoms with Gasteiger partial charge in [-0.1, -0.05) is 30.3 Å². The first-order valence-electron chi connectivity index (χ1n) is 7.94. The summed E-state index contributed by atoms with van der Waals surface area (Å²) in [5, 5.41) is 9.76. The predicted molar refractivity (Wildman–Crippen MR) is 85.1 cm³/mol. The molecule has 116 valence electrons. The summed E-state index contributed by atoms with van der Waals surface area (Å²) in [7, 11) is 3.59. The van der Waals surface area contributed by atoms with Gasteiger partial charge in [0.2, 0.25) is 0 Å². The smallest absolute Gasteiger partial charge is 0.319 e. The third kappa shape index (κ3) is 2.68. The summed E-state index contributed by atoms with van der Waals surface area (Å²) in [6, 6.07) is 13.0. The summed E-state index contributed by atoms with van der Waals surface area (Å²) in [4.78, 5) is 15.7. The van der Waals surface area contributed by atoms with Gasteiger partial charge in [-0.05, 0) is 36.7 Å². The quantitative estimate of drug-likeness (QED) is 0.842. The maximum atomic E-state index is 12.1. The fraction of sp³-hybridized carbons (Fsp3) is 0.556. The van der Waals surface area contributed by atoms with E-state index in [2.05, 4.69) is 18.2 Å². The Balaban J connectivity index is 1.68. The van der Waals surface area contributed by atoms with Crippen LogP contribution in [0.25, 0.3) is 0 Å². The van der Waals surface area contributed by atoms with Crippen molar-refractivity contribution in [3.05, 3.63) is 35.9 Å². The highest BCUT2D eigenvalue weighted by Crippen LogP contribution is 2.50. The molecule has 3 rings (SSSR count). The highest BCUT2D eigenvalue weighted by molar-refractivity contribution is 5.74. The first kappa shape index (κ1) is 14.9. The summed E-state index contributed by atoms with van der Waals surface area (Å²) in [5.74, 6) is 0.958. The van der Waals surface area contributed by atoms with Crippen LogP contribution in [0.4, 0.5) is 4.79 Å². The van der Waals surface area contributed by atoms with Crippen molar-refractivity contribution >= 4 is 6.03 Å². The van der Waals surface area contributed by atoms with E-state index in [0.717, 1.165) is 32.4 Å². The summed E-state index contributed by atoms with van der Waals surface area (Å²) in [5.41, 5.74) is 0.995. The Kier molecular flexibility index (Phi) is 3.82. The maximum Gasteiger partial charge on any atom is 0.319 e. The van der Waals surface area contributed by atoms with Crippen molar-refractivity contribution in [3.8, 4) is 6.07 Å². The second kappa shape index (κ2) is 5.64. The Morgan fingerprint density at radius 2 is 1.86 bits per heavy atom. The van der Waals surface area contributed by atoms with E-state index in [1.54, 1.807) is 19.0 Å². The molecule has 0 N–H and O–H groups in total. The Morgan fingerprint density at radius 3 is 2.36 bits per heavy atom. The summed E-state index contributed by atoms with van der Waals surface area (Å²) < 4.78 is 0. The van der Waals surface area contributed by atoms with Crippen molar-refractivity contribution in [2.75, 3.05) is 27.2 Å². The molecule has 2 aliphatic rings. The number of fused-ring (bicyclic) bond motifs is 1. The lowest BCUT2D eigenvalue weighted by Crippen LogP contribution is -2.38. The van der Waals surface area contributed by atoms with Crippen LogP contribution in [0, 0.1) is 28.6 Å². The van der Waals surface area contributed by atoms with Gasteiger partial charge >= 0.3 is 6.03 Å². The Bertz CT molecular complexity index is 576. The number of carbonyl (C=O) groups excluding carboxylic acids is 1. The lowest BCUT2D eigenvalue weighted by atomic mass is 9.80. The molecule has 2 atom stereocenters. The molecule has 2 unspecified atom stereocenters. The number of benzene rings is 1. The van der Waals surface area contributed by atoms with Crippen LogP contribution in [-0.2, 0) is 6.42 Å². The molecule has 4 heteroatoms. The summed E-state index contributed by atoms with van der Waals surface area (Å²) >= 11 is 0. The summed E-state index contributed by atoms with van der Waals surface area (Å²) in [6.07, 6.45) is 2.67. The topological polar surface area (TPSA) is 47.3 Å². The third-order valence-corrected chi connectivity index (χ3v) is 5.16. The molecule has 1 aromatic rings. The Morgan fingerprint density at radius 1 is 1.27 bits per heavy atom. The molecule has 2 fully saturated rings. The third-order valence-electron chi connectivity index (χ3n) is 5.16. The van der Waals surface area contributed by atoms with Crippen LogP contribution >= 0.6 is 0 Å². The average molecular weight is 297 g/mol. The first-order chi connectivity index (χ1) is 10.5. The van der Waals surface area contributed by atoms with Crippen molar-refractivity contribution in [2.24, 2.45) is 17.3 Å². The summed E-state index contributed by atoms with van der Waals surface area (Å²) in [6.45, 7) is 1.61. The average Bonchev–Trinajstić information content (AvgIpc) is 3.03. The number of hydrogen-bond acceptors (Lipinski definition) is 2. The van der Waals surface area contributed by atoms with E-state index in [9.17, 15) is 10.1 Å². The predicted octanol–water partition coefficient (Wildman–Crippen LogP) is 2.76. The lowest BCUT2D eigenvalue weighted by molar-refractivity contribution is 0.175. The highest BCUT2D eigenvalue weighted by Gasteiger charge is 2.50. The first-order valence-corrected chi connectivity index (χ1v) is 7.94. The van der Waals surface area contributed by atoms with Crippen molar-refractivity contribution in [2.45, 2.75) is 19.3 Å². The number of rotatable bonds is 2. The number of nitrogens with zero attached hydrogens (tertiary/aromatic N) is 3. The van der Waals surface area contributed by atoms with Crippen molar-refractivity contribution in [1.82, 2.24) is 9.80 Å². The van der Waals surface area contributed by atoms with E-state index < -0.39 is 0 Å². The Labute approximate surface area is 132 Å². The van der Waals surface area contributed by atoms with E-state index >= 15 is 0 Å². The molecular weight excluding hydrogens is 274 g/mol. The van der Waals surface area contributed by atoms with Gasteiger partial charge in [0.1, 0.15) is 0 Å². The fourth-order valence-electron chi connectivity index (χ4n) is 4.19. The Hall–Kier alpha value is -2.02. The number of urea groups is 1.